The Hall–Kier alpha value is -2.91. The van der Waals surface area contributed by atoms with E-state index in [1.54, 1.807) is 0 Å². The van der Waals surface area contributed by atoms with Crippen LogP contribution < -0.4 is 21.5 Å². The fourth-order valence-electron chi connectivity index (χ4n) is 2.96. The molecule has 3 aromatic rings. The Bertz CT molecular complexity index is 1280. The Kier molecular flexibility index (Phi) is 5.25. The maximum Gasteiger partial charge on any atom is 0.349 e. The van der Waals surface area contributed by atoms with Gasteiger partial charge in [-0.3, -0.25) is 14.6 Å². The lowest BCUT2D eigenvalue weighted by Crippen LogP contribution is -2.33. The van der Waals surface area contributed by atoms with Crippen molar-refractivity contribution in [2.45, 2.75) is 38.5 Å². The van der Waals surface area contributed by atoms with E-state index in [0.29, 0.717) is 11.3 Å². The van der Waals surface area contributed by atoms with E-state index >= 15 is 0 Å². The molecule has 0 aliphatic heterocycles. The van der Waals surface area contributed by atoms with Gasteiger partial charge in [-0.15, -0.1) is 5.10 Å². The summed E-state index contributed by atoms with van der Waals surface area (Å²) in [5, 5.41) is 10.6. The van der Waals surface area contributed by atoms with Gasteiger partial charge in [0, 0.05) is 17.5 Å². The molecule has 4 rings (SSSR count). The number of nitrogens with zero attached hydrogens (tertiary/aromatic N) is 3. The number of benzene rings is 1. The van der Waals surface area contributed by atoms with Crippen LogP contribution in [0.25, 0.3) is 5.69 Å². The van der Waals surface area contributed by atoms with Gasteiger partial charge in [-0.25, -0.2) is 9.89 Å². The molecule has 0 unspecified atom stereocenters. The molecule has 11 heteroatoms. The van der Waals surface area contributed by atoms with Crippen LogP contribution in [0.15, 0.2) is 32.6 Å². The normalized spacial score (nSPS) is 13.6. The predicted molar refractivity (Wildman–Crippen MR) is 111 cm³/mol. The SMILES string of the molecule is CC(C)c1cc(Oc2c(Cl)cc(-n3nc(C4CC4)c(=O)[nH]c3=O)cc2Cl)n[nH]c1=O. The van der Waals surface area contributed by atoms with E-state index in [0.717, 1.165) is 17.5 Å². The highest BCUT2D eigenvalue weighted by Crippen LogP contribution is 2.39. The molecule has 2 N–H and O–H groups in total. The summed E-state index contributed by atoms with van der Waals surface area (Å²) in [6.45, 7) is 3.74. The second-order valence-electron chi connectivity index (χ2n) is 7.32. The first-order valence-electron chi connectivity index (χ1n) is 9.25. The molecule has 2 heterocycles. The zero-order valence-corrected chi connectivity index (χ0v) is 17.5. The van der Waals surface area contributed by atoms with Crippen LogP contribution in [0.1, 0.15) is 49.8 Å². The van der Waals surface area contributed by atoms with Gasteiger partial charge in [0.05, 0.1) is 15.7 Å². The van der Waals surface area contributed by atoms with Crippen LogP contribution in [0.4, 0.5) is 0 Å². The van der Waals surface area contributed by atoms with Crippen molar-refractivity contribution < 1.29 is 4.74 Å². The third-order valence-electron chi connectivity index (χ3n) is 4.68. The van der Waals surface area contributed by atoms with Gasteiger partial charge in [-0.1, -0.05) is 37.0 Å². The Labute approximate surface area is 179 Å². The molecule has 0 spiro atoms. The second kappa shape index (κ2) is 7.73. The van der Waals surface area contributed by atoms with E-state index < -0.39 is 11.2 Å². The lowest BCUT2D eigenvalue weighted by Gasteiger charge is -2.12. The third kappa shape index (κ3) is 3.90. The number of H-pyrrole nitrogens is 2. The topological polar surface area (TPSA) is 123 Å². The largest absolute Gasteiger partial charge is 0.434 e. The van der Waals surface area contributed by atoms with Crippen molar-refractivity contribution in [3.05, 3.63) is 70.7 Å². The number of halogens is 2. The molecular weight excluding hydrogens is 433 g/mol. The van der Waals surface area contributed by atoms with Crippen molar-refractivity contribution in [2.24, 2.45) is 0 Å². The molecule has 156 valence electrons. The van der Waals surface area contributed by atoms with Crippen LogP contribution in [0.3, 0.4) is 0 Å². The highest BCUT2D eigenvalue weighted by molar-refractivity contribution is 6.37. The van der Waals surface area contributed by atoms with Gasteiger partial charge in [0.15, 0.2) is 5.75 Å². The van der Waals surface area contributed by atoms with Crippen molar-refractivity contribution in [1.82, 2.24) is 25.0 Å². The molecule has 9 nitrogen and oxygen atoms in total. The van der Waals surface area contributed by atoms with Crippen molar-refractivity contribution >= 4 is 23.2 Å². The summed E-state index contributed by atoms with van der Waals surface area (Å²) in [4.78, 5) is 38.3. The zero-order valence-electron chi connectivity index (χ0n) is 16.0. The summed E-state index contributed by atoms with van der Waals surface area (Å²) in [6.07, 6.45) is 1.71. The van der Waals surface area contributed by atoms with E-state index in [4.69, 9.17) is 27.9 Å². The summed E-state index contributed by atoms with van der Waals surface area (Å²) < 4.78 is 6.73. The number of aromatic nitrogens is 5. The molecule has 1 aliphatic carbocycles. The molecule has 1 aromatic carbocycles. The number of hydrogen-bond donors (Lipinski definition) is 2. The summed E-state index contributed by atoms with van der Waals surface area (Å²) in [6, 6.07) is 4.41. The van der Waals surface area contributed by atoms with E-state index in [1.807, 2.05) is 13.8 Å². The molecule has 0 bridgehead atoms. The second-order valence-corrected chi connectivity index (χ2v) is 8.13. The lowest BCUT2D eigenvalue weighted by atomic mass is 10.1. The maximum atomic E-state index is 12.3. The van der Waals surface area contributed by atoms with Crippen LogP contribution in [0.2, 0.25) is 10.0 Å². The minimum Gasteiger partial charge on any atom is -0.434 e. The van der Waals surface area contributed by atoms with Gasteiger partial charge >= 0.3 is 5.69 Å². The summed E-state index contributed by atoms with van der Waals surface area (Å²) in [5.74, 6) is 0.239. The van der Waals surface area contributed by atoms with Gasteiger partial charge in [0.25, 0.3) is 11.1 Å². The first-order valence-corrected chi connectivity index (χ1v) is 10.0. The van der Waals surface area contributed by atoms with Gasteiger partial charge in [-0.05, 0) is 30.9 Å². The number of ether oxygens (including phenoxy) is 1. The van der Waals surface area contributed by atoms with E-state index in [-0.39, 0.29) is 44.8 Å². The first kappa shape index (κ1) is 20.4. The van der Waals surface area contributed by atoms with Crippen LogP contribution in [0, 0.1) is 0 Å². The smallest absolute Gasteiger partial charge is 0.349 e. The Balaban J connectivity index is 1.73. The molecule has 2 aromatic heterocycles. The van der Waals surface area contributed by atoms with Crippen LogP contribution in [0.5, 0.6) is 11.6 Å². The standard InChI is InChI=1S/C19H17Cl2N5O4/c1-8(2)11-7-14(23-24-17(11)27)30-16-12(20)5-10(6-13(16)21)26-19(29)22-18(28)15(25-26)9-3-4-9/h5-9H,3-4H2,1-2H3,(H,24,27)(H,22,28,29). The molecule has 0 atom stereocenters. The average molecular weight is 450 g/mol. The van der Waals surface area contributed by atoms with Crippen molar-refractivity contribution in [3.8, 4) is 17.3 Å². The van der Waals surface area contributed by atoms with Gasteiger partial charge < -0.3 is 4.74 Å². The average Bonchev–Trinajstić information content (AvgIpc) is 3.50. The lowest BCUT2D eigenvalue weighted by molar-refractivity contribution is 0.452. The van der Waals surface area contributed by atoms with Gasteiger partial charge in [-0.2, -0.15) is 9.78 Å². The Morgan fingerprint density at radius 1 is 1.10 bits per heavy atom. The third-order valence-corrected chi connectivity index (χ3v) is 5.24. The zero-order chi connectivity index (χ0) is 21.6. The van der Waals surface area contributed by atoms with E-state index in [2.05, 4.69) is 20.3 Å². The number of rotatable bonds is 5. The predicted octanol–water partition coefficient (Wildman–Crippen LogP) is 3.10. The number of hydrogen-bond acceptors (Lipinski definition) is 6. The number of aromatic amines is 2. The Morgan fingerprint density at radius 2 is 1.77 bits per heavy atom. The number of nitrogens with one attached hydrogen (secondary N) is 2. The van der Waals surface area contributed by atoms with E-state index in [9.17, 15) is 14.4 Å². The molecule has 1 saturated carbocycles. The molecule has 0 radical (unpaired) electrons. The van der Waals surface area contributed by atoms with Crippen molar-refractivity contribution in [3.63, 3.8) is 0 Å². The van der Waals surface area contributed by atoms with Gasteiger partial charge in [0.1, 0.15) is 5.69 Å². The van der Waals surface area contributed by atoms with Crippen molar-refractivity contribution in [2.75, 3.05) is 0 Å². The van der Waals surface area contributed by atoms with Crippen molar-refractivity contribution in [1.29, 1.82) is 0 Å². The molecule has 0 amide bonds. The van der Waals surface area contributed by atoms with E-state index in [1.165, 1.54) is 18.2 Å². The van der Waals surface area contributed by atoms with Crippen LogP contribution in [-0.2, 0) is 0 Å². The fraction of sp³-hybridized carbons (Fsp3) is 0.316. The monoisotopic (exact) mass is 449 g/mol. The summed E-state index contributed by atoms with van der Waals surface area (Å²) in [7, 11) is 0. The molecule has 0 saturated heterocycles. The van der Waals surface area contributed by atoms with Crippen LogP contribution in [-0.4, -0.2) is 25.0 Å². The minimum atomic E-state index is -0.700. The highest BCUT2D eigenvalue weighted by atomic mass is 35.5. The molecular formula is C19H17Cl2N5O4. The maximum absolute atomic E-state index is 12.3. The van der Waals surface area contributed by atoms with Gasteiger partial charge in [0.2, 0.25) is 5.88 Å². The summed E-state index contributed by atoms with van der Waals surface area (Å²) in [5.41, 5.74) is -0.408. The fourth-order valence-corrected chi connectivity index (χ4v) is 3.52. The molecule has 1 fully saturated rings. The Morgan fingerprint density at radius 3 is 2.37 bits per heavy atom. The minimum absolute atomic E-state index is 0.0359. The summed E-state index contributed by atoms with van der Waals surface area (Å²) >= 11 is 12.7. The quantitative estimate of drug-likeness (QED) is 0.616. The first-order chi connectivity index (χ1) is 14.2. The molecule has 30 heavy (non-hydrogen) atoms. The highest BCUT2D eigenvalue weighted by Gasteiger charge is 2.29. The molecule has 1 aliphatic rings. The van der Waals surface area contributed by atoms with Crippen LogP contribution >= 0.6 is 23.2 Å².